The van der Waals surface area contributed by atoms with Crippen LogP contribution in [0.25, 0.3) is 0 Å². The summed E-state index contributed by atoms with van der Waals surface area (Å²) in [5, 5.41) is 0. The van der Waals surface area contributed by atoms with Crippen molar-refractivity contribution in [3.8, 4) is 0 Å². The fraction of sp³-hybridized carbons (Fsp3) is 0.300. The van der Waals surface area contributed by atoms with Crippen LogP contribution in [0.1, 0.15) is 22.5 Å². The summed E-state index contributed by atoms with van der Waals surface area (Å²) in [6, 6.07) is 3.43. The molecule has 1 aromatic heterocycles. The average molecular weight is 193 g/mol. The number of hydrogen-bond acceptors (Lipinski definition) is 4. The number of carbonyl (C=O) groups is 2. The third-order valence-electron chi connectivity index (χ3n) is 1.73. The zero-order valence-corrected chi connectivity index (χ0v) is 8.11. The van der Waals surface area contributed by atoms with Crippen molar-refractivity contribution in [1.82, 2.24) is 4.98 Å². The van der Waals surface area contributed by atoms with Crippen molar-refractivity contribution < 1.29 is 14.3 Å². The zero-order chi connectivity index (χ0) is 10.6. The normalized spacial score (nSPS) is 9.57. The highest BCUT2D eigenvalue weighted by atomic mass is 16.5. The van der Waals surface area contributed by atoms with Crippen LogP contribution < -0.4 is 0 Å². The van der Waals surface area contributed by atoms with Crippen LogP contribution in [0, 0.1) is 6.92 Å². The zero-order valence-electron chi connectivity index (χ0n) is 8.11. The first kappa shape index (κ1) is 10.4. The number of carbonyl (C=O) groups excluding carboxylic acids is 2. The van der Waals surface area contributed by atoms with E-state index in [1.165, 1.54) is 7.11 Å². The van der Waals surface area contributed by atoms with E-state index in [9.17, 15) is 9.59 Å². The summed E-state index contributed by atoms with van der Waals surface area (Å²) in [5.41, 5.74) is 1.24. The van der Waals surface area contributed by atoms with Crippen LogP contribution in [0.15, 0.2) is 18.3 Å². The molecule has 4 heteroatoms. The van der Waals surface area contributed by atoms with E-state index in [1.54, 1.807) is 18.3 Å². The van der Waals surface area contributed by atoms with Gasteiger partial charge in [-0.3, -0.25) is 14.6 Å². The van der Waals surface area contributed by atoms with Gasteiger partial charge >= 0.3 is 5.97 Å². The van der Waals surface area contributed by atoms with Gasteiger partial charge in [-0.1, -0.05) is 0 Å². The fourth-order valence-corrected chi connectivity index (χ4v) is 0.982. The van der Waals surface area contributed by atoms with Crippen molar-refractivity contribution >= 4 is 11.8 Å². The van der Waals surface area contributed by atoms with Crippen LogP contribution in [0.4, 0.5) is 0 Å². The largest absolute Gasteiger partial charge is 0.469 e. The molecule has 0 saturated carbocycles. The molecule has 0 amide bonds. The molecule has 0 aromatic carbocycles. The molecule has 1 heterocycles. The Hall–Kier alpha value is -1.71. The Balaban J connectivity index is 2.75. The molecule has 14 heavy (non-hydrogen) atoms. The van der Waals surface area contributed by atoms with Gasteiger partial charge in [-0.25, -0.2) is 0 Å². The molecule has 0 fully saturated rings. The Kier molecular flexibility index (Phi) is 3.34. The lowest BCUT2D eigenvalue weighted by atomic mass is 10.1. The van der Waals surface area contributed by atoms with E-state index in [4.69, 9.17) is 0 Å². The standard InChI is InChI=1S/C10H11NO3/c1-7-3-4-11-8(5-7)9(12)6-10(13)14-2/h3-5H,6H2,1-2H3. The summed E-state index contributed by atoms with van der Waals surface area (Å²) < 4.78 is 4.39. The Morgan fingerprint density at radius 3 is 2.79 bits per heavy atom. The molecule has 0 radical (unpaired) electrons. The van der Waals surface area contributed by atoms with E-state index in [0.29, 0.717) is 5.69 Å². The Morgan fingerprint density at radius 2 is 2.21 bits per heavy atom. The maximum Gasteiger partial charge on any atom is 0.313 e. The Bertz CT molecular complexity index is 360. The molecule has 0 aliphatic rings. The molecule has 0 atom stereocenters. The molecule has 0 saturated heterocycles. The van der Waals surface area contributed by atoms with Crippen molar-refractivity contribution in [3.63, 3.8) is 0 Å². The number of nitrogens with zero attached hydrogens (tertiary/aromatic N) is 1. The first-order valence-electron chi connectivity index (χ1n) is 4.16. The van der Waals surface area contributed by atoms with Gasteiger partial charge in [-0.15, -0.1) is 0 Å². The summed E-state index contributed by atoms with van der Waals surface area (Å²) in [7, 11) is 1.25. The highest BCUT2D eigenvalue weighted by Gasteiger charge is 2.12. The smallest absolute Gasteiger partial charge is 0.313 e. The molecule has 1 aromatic rings. The number of pyridine rings is 1. The Morgan fingerprint density at radius 1 is 1.50 bits per heavy atom. The van der Waals surface area contributed by atoms with E-state index in [-0.39, 0.29) is 12.2 Å². The first-order chi connectivity index (χ1) is 6.63. The number of ether oxygens (including phenoxy) is 1. The number of Topliss-reactive ketones (excluding diaryl/α,β-unsaturated/α-hetero) is 1. The molecule has 74 valence electrons. The first-order valence-corrected chi connectivity index (χ1v) is 4.16. The summed E-state index contributed by atoms with van der Waals surface area (Å²) >= 11 is 0. The maximum atomic E-state index is 11.4. The van der Waals surface area contributed by atoms with Crippen LogP contribution in [-0.2, 0) is 9.53 Å². The quantitative estimate of drug-likeness (QED) is 0.410. The minimum atomic E-state index is -0.543. The molecule has 0 aliphatic heterocycles. The topological polar surface area (TPSA) is 56.3 Å². The number of aromatic nitrogens is 1. The second-order valence-corrected chi connectivity index (χ2v) is 2.89. The molecule has 0 aliphatic carbocycles. The van der Waals surface area contributed by atoms with Crippen molar-refractivity contribution in [2.75, 3.05) is 7.11 Å². The molecule has 0 spiro atoms. The van der Waals surface area contributed by atoms with E-state index in [1.807, 2.05) is 6.92 Å². The predicted molar refractivity (Wildman–Crippen MR) is 49.9 cm³/mol. The average Bonchev–Trinajstić information content (AvgIpc) is 2.17. The van der Waals surface area contributed by atoms with Crippen molar-refractivity contribution in [3.05, 3.63) is 29.6 Å². The number of esters is 1. The second-order valence-electron chi connectivity index (χ2n) is 2.89. The maximum absolute atomic E-state index is 11.4. The lowest BCUT2D eigenvalue weighted by Gasteiger charge is -1.99. The van der Waals surface area contributed by atoms with Crippen LogP contribution >= 0.6 is 0 Å². The predicted octanol–water partition coefficient (Wildman–Crippen LogP) is 1.14. The highest BCUT2D eigenvalue weighted by Crippen LogP contribution is 2.03. The van der Waals surface area contributed by atoms with Gasteiger partial charge in [-0.2, -0.15) is 0 Å². The van der Waals surface area contributed by atoms with Crippen LogP contribution in [0.2, 0.25) is 0 Å². The number of aryl methyl sites for hydroxylation is 1. The van der Waals surface area contributed by atoms with Crippen molar-refractivity contribution in [2.24, 2.45) is 0 Å². The lowest BCUT2D eigenvalue weighted by Crippen LogP contribution is -2.10. The van der Waals surface area contributed by atoms with E-state index in [2.05, 4.69) is 9.72 Å². The number of ketones is 1. The number of rotatable bonds is 3. The lowest BCUT2D eigenvalue weighted by molar-refractivity contribution is -0.139. The summed E-state index contributed by atoms with van der Waals surface area (Å²) in [4.78, 5) is 26.1. The van der Waals surface area contributed by atoms with E-state index in [0.717, 1.165) is 5.56 Å². The van der Waals surface area contributed by atoms with Crippen LogP contribution in [-0.4, -0.2) is 23.8 Å². The van der Waals surface area contributed by atoms with Gasteiger partial charge in [0, 0.05) is 6.20 Å². The highest BCUT2D eigenvalue weighted by molar-refractivity contribution is 6.04. The third kappa shape index (κ3) is 2.65. The molecular formula is C10H11NO3. The van der Waals surface area contributed by atoms with Crippen molar-refractivity contribution in [2.45, 2.75) is 13.3 Å². The fourth-order valence-electron chi connectivity index (χ4n) is 0.982. The molecule has 0 N–H and O–H groups in total. The minimum Gasteiger partial charge on any atom is -0.469 e. The van der Waals surface area contributed by atoms with Gasteiger partial charge in [-0.05, 0) is 24.6 Å². The molecule has 0 unspecified atom stereocenters. The van der Waals surface area contributed by atoms with Gasteiger partial charge in [0.1, 0.15) is 12.1 Å². The molecule has 0 bridgehead atoms. The van der Waals surface area contributed by atoms with Gasteiger partial charge in [0.25, 0.3) is 0 Å². The van der Waals surface area contributed by atoms with Gasteiger partial charge in [0.05, 0.1) is 7.11 Å². The monoisotopic (exact) mass is 193 g/mol. The number of hydrogen-bond donors (Lipinski definition) is 0. The van der Waals surface area contributed by atoms with E-state index >= 15 is 0 Å². The molecular weight excluding hydrogens is 182 g/mol. The minimum absolute atomic E-state index is 0.257. The summed E-state index contributed by atoms with van der Waals surface area (Å²) in [5.74, 6) is -0.862. The second kappa shape index (κ2) is 4.50. The third-order valence-corrected chi connectivity index (χ3v) is 1.73. The molecule has 1 rings (SSSR count). The number of methoxy groups -OCH3 is 1. The van der Waals surface area contributed by atoms with Crippen molar-refractivity contribution in [1.29, 1.82) is 0 Å². The summed E-state index contributed by atoms with van der Waals surface area (Å²) in [6.45, 7) is 1.86. The van der Waals surface area contributed by atoms with Gasteiger partial charge < -0.3 is 4.74 Å². The molecule has 4 nitrogen and oxygen atoms in total. The van der Waals surface area contributed by atoms with Gasteiger partial charge in [0.15, 0.2) is 5.78 Å². The Labute approximate surface area is 81.9 Å². The van der Waals surface area contributed by atoms with Crippen LogP contribution in [0.5, 0.6) is 0 Å². The summed E-state index contributed by atoms with van der Waals surface area (Å²) in [6.07, 6.45) is 1.28. The van der Waals surface area contributed by atoms with Crippen LogP contribution in [0.3, 0.4) is 0 Å². The van der Waals surface area contributed by atoms with E-state index < -0.39 is 5.97 Å². The SMILES string of the molecule is COC(=O)CC(=O)c1cc(C)ccn1. The van der Waals surface area contributed by atoms with Gasteiger partial charge in [0.2, 0.25) is 0 Å².